The van der Waals surface area contributed by atoms with E-state index in [1.54, 1.807) is 0 Å². The second-order valence-electron chi connectivity index (χ2n) is 4.61. The Kier molecular flexibility index (Phi) is 6.88. The first-order valence-electron chi connectivity index (χ1n) is 5.74. The van der Waals surface area contributed by atoms with Gasteiger partial charge in [0, 0.05) is 0 Å². The lowest BCUT2D eigenvalue weighted by molar-refractivity contribution is -0.195. The van der Waals surface area contributed by atoms with Crippen molar-refractivity contribution in [1.29, 1.82) is 0 Å². The summed E-state index contributed by atoms with van der Waals surface area (Å²) in [4.78, 5) is 52.1. The maximum atomic E-state index is 14.1. The van der Waals surface area contributed by atoms with Crippen LogP contribution in [-0.2, 0) is 27.3 Å². The summed E-state index contributed by atoms with van der Waals surface area (Å²) in [7, 11) is -16.4. The lowest BCUT2D eigenvalue weighted by atomic mass is 9.86. The van der Waals surface area contributed by atoms with Crippen LogP contribution in [0.3, 0.4) is 0 Å². The van der Waals surface area contributed by atoms with Gasteiger partial charge in [0.25, 0.3) is 0 Å². The second-order valence-corrected chi connectivity index (χ2v) is 8.18. The van der Waals surface area contributed by atoms with Crippen molar-refractivity contribution in [3.8, 4) is 0 Å². The quantitative estimate of drug-likeness (QED) is 0.206. The molecule has 0 radical (unpaired) electrons. The SMILES string of the molecule is O=P(O)(O)OC1C(O)C(F)C(OP(=O)(O)O)C(OP(=O)(O)O)C1O. The lowest BCUT2D eigenvalue weighted by Gasteiger charge is -2.43. The number of halogens is 1. The van der Waals surface area contributed by atoms with Crippen LogP contribution in [0.4, 0.5) is 4.39 Å². The minimum absolute atomic E-state index is 2.45. The molecule has 1 fully saturated rings. The first-order valence-corrected chi connectivity index (χ1v) is 10.3. The molecule has 1 saturated carbocycles. The molecule has 0 spiro atoms. The standard InChI is InChI=1S/C6H14FO14P3/c7-1-2(8)5(20-23(13,14)15)3(9)6(21-24(16,17)18)4(1)19-22(10,11)12/h1-6,8-9H,(H2,10,11,12)(H2,13,14,15)(H2,16,17,18). The molecule has 0 heterocycles. The topological polar surface area (TPSA) is 241 Å². The average molecular weight is 422 g/mol. The van der Waals surface area contributed by atoms with Crippen molar-refractivity contribution in [2.45, 2.75) is 36.7 Å². The first-order chi connectivity index (χ1) is 10.5. The van der Waals surface area contributed by atoms with E-state index in [4.69, 9.17) is 29.4 Å². The fraction of sp³-hybridized carbons (Fsp3) is 1.00. The molecule has 1 aliphatic carbocycles. The molecule has 14 nitrogen and oxygen atoms in total. The number of phosphoric ester groups is 3. The van der Waals surface area contributed by atoms with Crippen molar-refractivity contribution in [3.63, 3.8) is 0 Å². The Labute approximate surface area is 132 Å². The Morgan fingerprint density at radius 2 is 0.958 bits per heavy atom. The van der Waals surface area contributed by atoms with Crippen molar-refractivity contribution in [2.24, 2.45) is 0 Å². The minimum atomic E-state index is -5.49. The van der Waals surface area contributed by atoms with Crippen LogP contribution in [0, 0.1) is 0 Å². The number of alkyl halides is 1. The molecule has 6 atom stereocenters. The third-order valence-electron chi connectivity index (χ3n) is 2.75. The molecule has 1 rings (SSSR count). The summed E-state index contributed by atoms with van der Waals surface area (Å²) in [5, 5.41) is 19.4. The van der Waals surface area contributed by atoms with E-state index in [0.29, 0.717) is 0 Å². The maximum absolute atomic E-state index is 14.1. The zero-order valence-corrected chi connectivity index (χ0v) is 13.9. The highest BCUT2D eigenvalue weighted by molar-refractivity contribution is 7.46. The van der Waals surface area contributed by atoms with Gasteiger partial charge in [0.2, 0.25) is 0 Å². The van der Waals surface area contributed by atoms with Gasteiger partial charge in [0.05, 0.1) is 0 Å². The van der Waals surface area contributed by atoms with E-state index < -0.39 is 60.2 Å². The number of aliphatic hydroxyl groups is 2. The zero-order valence-electron chi connectivity index (χ0n) is 11.2. The van der Waals surface area contributed by atoms with E-state index >= 15 is 0 Å². The molecule has 0 aromatic carbocycles. The summed E-state index contributed by atoms with van der Waals surface area (Å²) in [6.45, 7) is 0. The summed E-state index contributed by atoms with van der Waals surface area (Å²) < 4.78 is 58.4. The smallest absolute Gasteiger partial charge is 0.387 e. The van der Waals surface area contributed by atoms with E-state index in [2.05, 4.69) is 13.6 Å². The molecule has 6 unspecified atom stereocenters. The van der Waals surface area contributed by atoms with Gasteiger partial charge in [-0.2, -0.15) is 0 Å². The maximum Gasteiger partial charge on any atom is 0.470 e. The van der Waals surface area contributed by atoms with Crippen molar-refractivity contribution in [3.05, 3.63) is 0 Å². The van der Waals surface area contributed by atoms with Gasteiger partial charge in [-0.25, -0.2) is 18.1 Å². The fourth-order valence-electron chi connectivity index (χ4n) is 1.98. The molecule has 8 N–H and O–H groups in total. The van der Waals surface area contributed by atoms with Gasteiger partial charge in [-0.15, -0.1) is 0 Å². The second kappa shape index (κ2) is 7.43. The summed E-state index contributed by atoms with van der Waals surface area (Å²) in [5.74, 6) is 0. The molecule has 0 saturated heterocycles. The molecule has 1 aliphatic rings. The molecule has 0 aromatic rings. The Morgan fingerprint density at radius 3 is 1.33 bits per heavy atom. The first kappa shape index (κ1) is 22.2. The molecular formula is C6H14FO14P3. The number of rotatable bonds is 6. The van der Waals surface area contributed by atoms with Crippen LogP contribution in [0.2, 0.25) is 0 Å². The number of phosphoric acid groups is 3. The lowest BCUT2D eigenvalue weighted by Crippen LogP contribution is -2.63. The third-order valence-corrected chi connectivity index (χ3v) is 4.30. The highest BCUT2D eigenvalue weighted by Gasteiger charge is 2.57. The molecular weight excluding hydrogens is 408 g/mol. The van der Waals surface area contributed by atoms with Crippen LogP contribution in [0.15, 0.2) is 0 Å². The Morgan fingerprint density at radius 1 is 0.625 bits per heavy atom. The van der Waals surface area contributed by atoms with Crippen LogP contribution in [0.5, 0.6) is 0 Å². The third kappa shape index (κ3) is 6.48. The van der Waals surface area contributed by atoms with E-state index in [0.717, 1.165) is 0 Å². The largest absolute Gasteiger partial charge is 0.470 e. The molecule has 0 amide bonds. The van der Waals surface area contributed by atoms with Crippen LogP contribution in [0.25, 0.3) is 0 Å². The van der Waals surface area contributed by atoms with E-state index in [1.807, 2.05) is 0 Å². The fourth-order valence-corrected chi connectivity index (χ4v) is 3.66. The predicted molar refractivity (Wildman–Crippen MR) is 67.7 cm³/mol. The number of hydrogen-bond donors (Lipinski definition) is 8. The summed E-state index contributed by atoms with van der Waals surface area (Å²) in [6, 6.07) is 0. The molecule has 0 aliphatic heterocycles. The van der Waals surface area contributed by atoms with Crippen LogP contribution in [-0.4, -0.2) is 76.3 Å². The Hall–Kier alpha value is 0.180. The molecule has 18 heteroatoms. The predicted octanol–water partition coefficient (Wildman–Crippen LogP) is -2.51. The van der Waals surface area contributed by atoms with Gasteiger partial charge >= 0.3 is 23.5 Å². The van der Waals surface area contributed by atoms with Crippen molar-refractivity contribution in [2.75, 3.05) is 0 Å². The minimum Gasteiger partial charge on any atom is -0.387 e. The van der Waals surface area contributed by atoms with Crippen LogP contribution >= 0.6 is 23.5 Å². The molecule has 144 valence electrons. The molecule has 0 bridgehead atoms. The summed E-state index contributed by atoms with van der Waals surface area (Å²) >= 11 is 0. The van der Waals surface area contributed by atoms with Gasteiger partial charge in [0.15, 0.2) is 6.17 Å². The van der Waals surface area contributed by atoms with Crippen LogP contribution < -0.4 is 0 Å². The van der Waals surface area contributed by atoms with Gasteiger partial charge in [-0.3, -0.25) is 13.6 Å². The number of hydrogen-bond acceptors (Lipinski definition) is 8. The van der Waals surface area contributed by atoms with Crippen molar-refractivity contribution < 1.29 is 71.2 Å². The molecule has 0 aromatic heterocycles. The Balaban J connectivity index is 3.23. The van der Waals surface area contributed by atoms with Crippen molar-refractivity contribution >= 4 is 23.5 Å². The number of aliphatic hydroxyl groups excluding tert-OH is 2. The van der Waals surface area contributed by atoms with Gasteiger partial charge in [-0.05, 0) is 0 Å². The highest BCUT2D eigenvalue weighted by Crippen LogP contribution is 2.49. The van der Waals surface area contributed by atoms with E-state index in [-0.39, 0.29) is 0 Å². The zero-order chi connectivity index (χ0) is 19.1. The van der Waals surface area contributed by atoms with E-state index in [1.165, 1.54) is 0 Å². The van der Waals surface area contributed by atoms with Crippen molar-refractivity contribution in [1.82, 2.24) is 0 Å². The van der Waals surface area contributed by atoms with Gasteiger partial charge < -0.3 is 39.6 Å². The van der Waals surface area contributed by atoms with Crippen LogP contribution in [0.1, 0.15) is 0 Å². The normalized spacial score (nSPS) is 35.9. The monoisotopic (exact) mass is 422 g/mol. The highest BCUT2D eigenvalue weighted by atomic mass is 31.2. The average Bonchev–Trinajstić information content (AvgIpc) is 2.32. The van der Waals surface area contributed by atoms with Gasteiger partial charge in [-0.1, -0.05) is 0 Å². The summed E-state index contributed by atoms with van der Waals surface area (Å²) in [6.07, 6.45) is -15.6. The van der Waals surface area contributed by atoms with Gasteiger partial charge in [0.1, 0.15) is 30.5 Å². The summed E-state index contributed by atoms with van der Waals surface area (Å²) in [5.41, 5.74) is 0. The Bertz CT molecular complexity index is 579. The van der Waals surface area contributed by atoms with E-state index in [9.17, 15) is 28.3 Å². The molecule has 24 heavy (non-hydrogen) atoms.